The number of carboxylic acids is 1. The number of amides is 2. The minimum absolute atomic E-state index is 0.0578. The Hall–Kier alpha value is -2.68. The van der Waals surface area contributed by atoms with Crippen molar-refractivity contribution in [2.45, 2.75) is 6.54 Å². The highest BCUT2D eigenvalue weighted by Crippen LogP contribution is 2.18. The summed E-state index contributed by atoms with van der Waals surface area (Å²) in [7, 11) is 0. The van der Waals surface area contributed by atoms with Gasteiger partial charge in [0.05, 0.1) is 12.2 Å². The van der Waals surface area contributed by atoms with Crippen molar-refractivity contribution in [2.24, 2.45) is 0 Å². The van der Waals surface area contributed by atoms with Crippen molar-refractivity contribution in [1.29, 1.82) is 0 Å². The van der Waals surface area contributed by atoms with E-state index in [0.29, 0.717) is 5.69 Å². The highest BCUT2D eigenvalue weighted by molar-refractivity contribution is 7.07. The van der Waals surface area contributed by atoms with E-state index in [9.17, 15) is 18.8 Å². The van der Waals surface area contributed by atoms with Crippen LogP contribution >= 0.6 is 11.3 Å². The van der Waals surface area contributed by atoms with Crippen molar-refractivity contribution >= 4 is 29.0 Å². The number of aromatic nitrogens is 1. The molecule has 4 N–H and O–H groups in total. The number of urea groups is 1. The van der Waals surface area contributed by atoms with Crippen molar-refractivity contribution in [1.82, 2.24) is 10.3 Å². The molecule has 0 unspecified atom stereocenters. The Kier molecular flexibility index (Phi) is 4.33. The molecule has 1 aromatic heterocycles. The molecule has 0 saturated carbocycles. The number of aromatic amines is 1. The first-order chi connectivity index (χ1) is 9.97. The Labute approximate surface area is 121 Å². The minimum atomic E-state index is -1.48. The smallest absolute Gasteiger partial charge is 0.340 e. The van der Waals surface area contributed by atoms with Crippen LogP contribution in [0.2, 0.25) is 0 Å². The number of benzene rings is 1. The summed E-state index contributed by atoms with van der Waals surface area (Å²) in [6, 6.07) is 2.84. The summed E-state index contributed by atoms with van der Waals surface area (Å²) in [6.45, 7) is 0.0578. The molecule has 0 aliphatic rings. The Morgan fingerprint density at radius 1 is 1.38 bits per heavy atom. The fraction of sp³-hybridized carbons (Fsp3) is 0.0833. The van der Waals surface area contributed by atoms with Gasteiger partial charge in [0.1, 0.15) is 11.4 Å². The van der Waals surface area contributed by atoms with Crippen molar-refractivity contribution < 1.29 is 19.1 Å². The molecule has 1 aromatic carbocycles. The fourth-order valence-corrected chi connectivity index (χ4v) is 2.17. The number of hydrogen-bond donors (Lipinski definition) is 4. The second-order valence-corrected chi connectivity index (χ2v) is 4.79. The Balaban J connectivity index is 2.04. The molecule has 0 bridgehead atoms. The van der Waals surface area contributed by atoms with Gasteiger partial charge in [-0.2, -0.15) is 0 Å². The SMILES string of the molecule is O=C(NCc1csc(=O)[nH]1)Nc1cccc(F)c1C(=O)O. The average Bonchev–Trinajstić information content (AvgIpc) is 2.82. The van der Waals surface area contributed by atoms with Gasteiger partial charge in [-0.15, -0.1) is 0 Å². The van der Waals surface area contributed by atoms with E-state index >= 15 is 0 Å². The third kappa shape index (κ3) is 3.66. The van der Waals surface area contributed by atoms with Crippen LogP contribution in [-0.4, -0.2) is 22.1 Å². The fourth-order valence-electron chi connectivity index (χ4n) is 1.59. The van der Waals surface area contributed by atoms with Crippen LogP contribution in [0.5, 0.6) is 0 Å². The molecule has 0 atom stereocenters. The van der Waals surface area contributed by atoms with Gasteiger partial charge in [-0.1, -0.05) is 17.4 Å². The number of halogens is 1. The highest BCUT2D eigenvalue weighted by atomic mass is 32.1. The molecular weight excluding hydrogens is 301 g/mol. The largest absolute Gasteiger partial charge is 0.478 e. The van der Waals surface area contributed by atoms with E-state index in [1.807, 2.05) is 0 Å². The molecule has 2 aromatic rings. The average molecular weight is 311 g/mol. The molecular formula is C12H10FN3O4S. The van der Waals surface area contributed by atoms with Crippen molar-refractivity contribution in [2.75, 3.05) is 5.32 Å². The van der Waals surface area contributed by atoms with Gasteiger partial charge in [0.2, 0.25) is 0 Å². The van der Waals surface area contributed by atoms with Crippen LogP contribution < -0.4 is 15.5 Å². The van der Waals surface area contributed by atoms with Gasteiger partial charge in [-0.3, -0.25) is 4.79 Å². The van der Waals surface area contributed by atoms with Crippen molar-refractivity contribution in [3.63, 3.8) is 0 Å². The molecule has 2 rings (SSSR count). The molecule has 0 radical (unpaired) electrons. The van der Waals surface area contributed by atoms with Gasteiger partial charge in [0.15, 0.2) is 0 Å². The number of nitrogens with one attached hydrogen (secondary N) is 3. The van der Waals surface area contributed by atoms with E-state index in [0.717, 1.165) is 17.4 Å². The maximum absolute atomic E-state index is 13.4. The Bertz CT molecular complexity index is 740. The first kappa shape index (κ1) is 14.7. The van der Waals surface area contributed by atoms with Crippen LogP contribution in [0.1, 0.15) is 16.1 Å². The number of thiazole rings is 1. The van der Waals surface area contributed by atoms with Gasteiger partial charge >= 0.3 is 16.9 Å². The number of carboxylic acid groups (broad SMARTS) is 1. The second-order valence-electron chi connectivity index (χ2n) is 3.95. The molecule has 1 heterocycles. The summed E-state index contributed by atoms with van der Waals surface area (Å²) in [6.07, 6.45) is 0. The number of carbonyl (C=O) groups is 2. The van der Waals surface area contributed by atoms with Gasteiger partial charge in [0.25, 0.3) is 0 Å². The minimum Gasteiger partial charge on any atom is -0.478 e. The first-order valence-corrected chi connectivity index (χ1v) is 6.58. The standard InChI is InChI=1S/C12H10FN3O4S/c13-7-2-1-3-8(9(7)10(17)18)16-11(19)14-4-6-5-21-12(20)15-6/h1-3,5H,4H2,(H,15,20)(H,17,18)(H2,14,16,19). The van der Waals surface area contributed by atoms with Crippen LogP contribution in [0, 0.1) is 5.82 Å². The molecule has 9 heteroatoms. The van der Waals surface area contributed by atoms with Gasteiger partial charge < -0.3 is 20.7 Å². The molecule has 7 nitrogen and oxygen atoms in total. The van der Waals surface area contributed by atoms with E-state index in [4.69, 9.17) is 5.11 Å². The lowest BCUT2D eigenvalue weighted by molar-refractivity contribution is 0.0693. The molecule has 2 amide bonds. The molecule has 0 saturated heterocycles. The molecule has 0 spiro atoms. The summed E-state index contributed by atoms with van der Waals surface area (Å²) in [5.41, 5.74) is -0.256. The Morgan fingerprint density at radius 2 is 2.14 bits per heavy atom. The van der Waals surface area contributed by atoms with Crippen LogP contribution in [0.25, 0.3) is 0 Å². The van der Waals surface area contributed by atoms with Gasteiger partial charge in [-0.05, 0) is 12.1 Å². The predicted molar refractivity (Wildman–Crippen MR) is 74.2 cm³/mol. The summed E-state index contributed by atoms with van der Waals surface area (Å²) in [5, 5.41) is 15.1. The van der Waals surface area contributed by atoms with Crippen LogP contribution in [0.15, 0.2) is 28.4 Å². The van der Waals surface area contributed by atoms with Crippen molar-refractivity contribution in [3.05, 3.63) is 50.3 Å². The quantitative estimate of drug-likeness (QED) is 0.687. The lowest BCUT2D eigenvalue weighted by Crippen LogP contribution is -2.29. The third-order valence-corrected chi connectivity index (χ3v) is 3.20. The summed E-state index contributed by atoms with van der Waals surface area (Å²) < 4.78 is 13.4. The van der Waals surface area contributed by atoms with E-state index in [1.54, 1.807) is 5.38 Å². The predicted octanol–water partition coefficient (Wildman–Crippen LogP) is 1.60. The van der Waals surface area contributed by atoms with Crippen molar-refractivity contribution in [3.8, 4) is 0 Å². The zero-order chi connectivity index (χ0) is 15.4. The van der Waals surface area contributed by atoms with Gasteiger partial charge in [-0.25, -0.2) is 14.0 Å². The number of anilines is 1. The van der Waals surface area contributed by atoms with E-state index in [-0.39, 0.29) is 17.1 Å². The summed E-state index contributed by atoms with van der Waals surface area (Å²) >= 11 is 0.958. The zero-order valence-electron chi connectivity index (χ0n) is 10.5. The lowest BCUT2D eigenvalue weighted by atomic mass is 10.1. The van der Waals surface area contributed by atoms with E-state index in [1.165, 1.54) is 12.1 Å². The van der Waals surface area contributed by atoms with Crippen LogP contribution in [0.3, 0.4) is 0 Å². The highest BCUT2D eigenvalue weighted by Gasteiger charge is 2.17. The molecule has 0 fully saturated rings. The molecule has 0 aliphatic heterocycles. The number of rotatable bonds is 4. The first-order valence-electron chi connectivity index (χ1n) is 5.70. The third-order valence-electron chi connectivity index (χ3n) is 2.49. The molecule has 21 heavy (non-hydrogen) atoms. The Morgan fingerprint density at radius 3 is 2.76 bits per heavy atom. The summed E-state index contributed by atoms with van der Waals surface area (Å²) in [5.74, 6) is -2.42. The normalized spacial score (nSPS) is 10.1. The number of aromatic carboxylic acids is 1. The summed E-state index contributed by atoms with van der Waals surface area (Å²) in [4.78, 5) is 35.8. The monoisotopic (exact) mass is 311 g/mol. The number of hydrogen-bond acceptors (Lipinski definition) is 4. The number of carbonyl (C=O) groups excluding carboxylic acids is 1. The number of H-pyrrole nitrogens is 1. The lowest BCUT2D eigenvalue weighted by Gasteiger charge is -2.09. The maximum Gasteiger partial charge on any atom is 0.340 e. The van der Waals surface area contributed by atoms with Crippen LogP contribution in [-0.2, 0) is 6.54 Å². The molecule has 110 valence electrons. The zero-order valence-corrected chi connectivity index (χ0v) is 11.3. The maximum atomic E-state index is 13.4. The van der Waals surface area contributed by atoms with Gasteiger partial charge in [0, 0.05) is 11.1 Å². The van der Waals surface area contributed by atoms with Crippen LogP contribution in [0.4, 0.5) is 14.9 Å². The van der Waals surface area contributed by atoms with E-state index < -0.39 is 23.4 Å². The van der Waals surface area contributed by atoms with E-state index in [2.05, 4.69) is 15.6 Å². The topological polar surface area (TPSA) is 111 Å². The molecule has 0 aliphatic carbocycles. The second kappa shape index (κ2) is 6.18.